The summed E-state index contributed by atoms with van der Waals surface area (Å²) in [5.74, 6) is 0.602. The molecule has 0 amide bonds. The number of alkyl halides is 1. The van der Waals surface area contributed by atoms with E-state index in [9.17, 15) is 9.32 Å². The first-order valence-corrected chi connectivity index (χ1v) is 9.13. The Kier molecular flexibility index (Phi) is 6.15. The maximum Gasteiger partial charge on any atom is 0.0917 e. The van der Waals surface area contributed by atoms with Crippen molar-refractivity contribution in [3.05, 3.63) is 66.2 Å². The Bertz CT molecular complexity index is 574. The molecule has 0 aromatic heterocycles. The van der Waals surface area contributed by atoms with Crippen LogP contribution in [0.1, 0.15) is 18.6 Å². The van der Waals surface area contributed by atoms with Crippen LogP contribution in [-0.2, 0) is 10.8 Å². The van der Waals surface area contributed by atoms with Crippen LogP contribution < -0.4 is 0 Å². The highest BCUT2D eigenvalue weighted by atomic mass is 79.9. The van der Waals surface area contributed by atoms with Crippen LogP contribution >= 0.6 is 15.9 Å². The van der Waals surface area contributed by atoms with Gasteiger partial charge in [0.1, 0.15) is 0 Å². The van der Waals surface area contributed by atoms with E-state index in [1.165, 1.54) is 0 Å². The maximum atomic E-state index is 12.3. The first-order valence-electron chi connectivity index (χ1n) is 6.90. The average molecular weight is 367 g/mol. The number of aliphatic hydroxyl groups excluding tert-OH is 1. The molecule has 21 heavy (non-hydrogen) atoms. The fraction of sp³-hybridized carbons (Fsp3) is 0.294. The number of halogens is 1. The number of benzene rings is 2. The first-order chi connectivity index (χ1) is 10.1. The summed E-state index contributed by atoms with van der Waals surface area (Å²) in [7, 11) is -1.05. The minimum Gasteiger partial charge on any atom is -0.387 e. The lowest BCUT2D eigenvalue weighted by Gasteiger charge is -2.23. The molecule has 2 nitrogen and oxygen atoms in total. The summed E-state index contributed by atoms with van der Waals surface area (Å²) in [6, 6.07) is 19.0. The van der Waals surface area contributed by atoms with Gasteiger partial charge in [-0.15, -0.1) is 0 Å². The van der Waals surface area contributed by atoms with Crippen molar-refractivity contribution in [1.82, 2.24) is 0 Å². The largest absolute Gasteiger partial charge is 0.387 e. The van der Waals surface area contributed by atoms with Crippen molar-refractivity contribution < 1.29 is 9.32 Å². The van der Waals surface area contributed by atoms with Crippen LogP contribution in [0.3, 0.4) is 0 Å². The van der Waals surface area contributed by atoms with Crippen molar-refractivity contribution in [2.45, 2.75) is 22.8 Å². The zero-order chi connectivity index (χ0) is 15.2. The Labute approximate surface area is 136 Å². The number of rotatable bonds is 6. The molecular weight excluding hydrogens is 348 g/mol. The summed E-state index contributed by atoms with van der Waals surface area (Å²) in [6.45, 7) is 2.01. The van der Waals surface area contributed by atoms with Gasteiger partial charge in [-0.25, -0.2) is 0 Å². The highest BCUT2D eigenvalue weighted by Crippen LogP contribution is 2.29. The molecular formula is C17H19BrO2S. The van der Waals surface area contributed by atoms with E-state index in [0.29, 0.717) is 5.75 Å². The predicted octanol–water partition coefficient (Wildman–Crippen LogP) is 3.93. The molecule has 0 radical (unpaired) electrons. The maximum absolute atomic E-state index is 12.3. The van der Waals surface area contributed by atoms with Gasteiger partial charge in [0, 0.05) is 15.5 Å². The van der Waals surface area contributed by atoms with Crippen molar-refractivity contribution in [2.75, 3.05) is 5.75 Å². The Balaban J connectivity index is 2.00. The summed E-state index contributed by atoms with van der Waals surface area (Å²) < 4.78 is 12.3. The van der Waals surface area contributed by atoms with Crippen LogP contribution in [0.4, 0.5) is 0 Å². The van der Waals surface area contributed by atoms with E-state index in [-0.39, 0.29) is 10.7 Å². The Hall–Kier alpha value is -0.970. The molecule has 4 heteroatoms. The molecule has 2 aromatic carbocycles. The molecule has 0 fully saturated rings. The zero-order valence-corrected chi connectivity index (χ0v) is 14.3. The van der Waals surface area contributed by atoms with E-state index in [2.05, 4.69) is 15.9 Å². The van der Waals surface area contributed by atoms with E-state index in [1.54, 1.807) is 0 Å². The van der Waals surface area contributed by atoms with E-state index in [1.807, 2.05) is 67.6 Å². The van der Waals surface area contributed by atoms with Crippen molar-refractivity contribution in [3.63, 3.8) is 0 Å². The molecule has 0 spiro atoms. The van der Waals surface area contributed by atoms with Crippen molar-refractivity contribution >= 4 is 26.7 Å². The summed E-state index contributed by atoms with van der Waals surface area (Å²) >= 11 is 3.56. The third-order valence-electron chi connectivity index (χ3n) is 3.41. The van der Waals surface area contributed by atoms with E-state index in [0.717, 1.165) is 10.5 Å². The Morgan fingerprint density at radius 3 is 2.14 bits per heavy atom. The summed E-state index contributed by atoms with van der Waals surface area (Å²) in [6.07, 6.45) is -0.603. The third-order valence-corrected chi connectivity index (χ3v) is 6.44. The van der Waals surface area contributed by atoms with Crippen LogP contribution in [0.25, 0.3) is 0 Å². The smallest absolute Gasteiger partial charge is 0.0917 e. The third kappa shape index (κ3) is 4.50. The molecule has 2 rings (SSSR count). The van der Waals surface area contributed by atoms with Crippen LogP contribution in [-0.4, -0.2) is 19.9 Å². The summed E-state index contributed by atoms with van der Waals surface area (Å²) in [5, 5.41) is 10.4. The predicted molar refractivity (Wildman–Crippen MR) is 91.0 cm³/mol. The fourth-order valence-corrected chi connectivity index (χ4v) is 4.22. The lowest BCUT2D eigenvalue weighted by Crippen LogP contribution is -2.24. The van der Waals surface area contributed by atoms with Gasteiger partial charge < -0.3 is 5.11 Å². The molecule has 1 unspecified atom stereocenters. The number of hydrogen-bond donors (Lipinski definition) is 1. The second-order valence-electron chi connectivity index (χ2n) is 5.10. The van der Waals surface area contributed by atoms with Crippen LogP contribution in [0, 0.1) is 5.92 Å². The monoisotopic (exact) mass is 366 g/mol. The molecule has 0 aliphatic heterocycles. The first kappa shape index (κ1) is 16.4. The van der Waals surface area contributed by atoms with Gasteiger partial charge in [0.25, 0.3) is 0 Å². The van der Waals surface area contributed by atoms with E-state index < -0.39 is 16.9 Å². The minimum absolute atomic E-state index is 0.0845. The van der Waals surface area contributed by atoms with Gasteiger partial charge >= 0.3 is 0 Å². The number of aliphatic hydroxyl groups is 1. The van der Waals surface area contributed by atoms with E-state index >= 15 is 0 Å². The van der Waals surface area contributed by atoms with Gasteiger partial charge in [-0.1, -0.05) is 71.4 Å². The van der Waals surface area contributed by atoms with Crippen molar-refractivity contribution in [2.24, 2.45) is 5.92 Å². The molecule has 0 saturated heterocycles. The molecule has 4 atom stereocenters. The molecule has 0 aliphatic carbocycles. The molecule has 1 N–H and O–H groups in total. The van der Waals surface area contributed by atoms with Crippen LogP contribution in [0.5, 0.6) is 0 Å². The fourth-order valence-electron chi connectivity index (χ4n) is 2.14. The SMILES string of the molecule is C[C@H](CS(=O)c1ccccc1)[C@H](Br)[C@H](O)c1ccccc1. The Morgan fingerprint density at radius 2 is 1.57 bits per heavy atom. The lowest BCUT2D eigenvalue weighted by atomic mass is 9.99. The molecule has 2 aromatic rings. The molecule has 0 aliphatic rings. The molecule has 0 saturated carbocycles. The molecule has 0 heterocycles. The highest BCUT2D eigenvalue weighted by Gasteiger charge is 2.25. The van der Waals surface area contributed by atoms with E-state index in [4.69, 9.17) is 0 Å². The molecule has 112 valence electrons. The lowest BCUT2D eigenvalue weighted by molar-refractivity contribution is 0.161. The van der Waals surface area contributed by atoms with Gasteiger partial charge in [0.2, 0.25) is 0 Å². The van der Waals surface area contributed by atoms with Gasteiger partial charge in [-0.05, 0) is 23.6 Å². The second-order valence-corrected chi connectivity index (χ2v) is 7.66. The van der Waals surface area contributed by atoms with Gasteiger partial charge in [-0.3, -0.25) is 4.21 Å². The topological polar surface area (TPSA) is 37.3 Å². The van der Waals surface area contributed by atoms with Gasteiger partial charge in [0.05, 0.1) is 16.9 Å². The summed E-state index contributed by atoms with van der Waals surface area (Å²) in [5.41, 5.74) is 0.872. The molecule has 0 bridgehead atoms. The second kappa shape index (κ2) is 7.87. The normalized spacial score (nSPS) is 16.9. The minimum atomic E-state index is -1.05. The van der Waals surface area contributed by atoms with Gasteiger partial charge in [-0.2, -0.15) is 0 Å². The zero-order valence-electron chi connectivity index (χ0n) is 11.9. The quantitative estimate of drug-likeness (QED) is 0.786. The van der Waals surface area contributed by atoms with Crippen LogP contribution in [0.2, 0.25) is 0 Å². The van der Waals surface area contributed by atoms with Crippen LogP contribution in [0.15, 0.2) is 65.6 Å². The highest BCUT2D eigenvalue weighted by molar-refractivity contribution is 9.09. The Morgan fingerprint density at radius 1 is 1.05 bits per heavy atom. The summed E-state index contributed by atoms with van der Waals surface area (Å²) in [4.78, 5) is 0.700. The van der Waals surface area contributed by atoms with Crippen molar-refractivity contribution in [1.29, 1.82) is 0 Å². The number of hydrogen-bond acceptors (Lipinski definition) is 2. The van der Waals surface area contributed by atoms with Gasteiger partial charge in [0.15, 0.2) is 0 Å². The standard InChI is InChI=1S/C17H19BrO2S/c1-13(12-21(20)15-10-6-3-7-11-15)16(18)17(19)14-8-4-2-5-9-14/h2-11,13,16-17,19H,12H2,1H3/t13-,16+,17-,21?/m1/s1. The van der Waals surface area contributed by atoms with Crippen molar-refractivity contribution in [3.8, 4) is 0 Å². The average Bonchev–Trinajstić information content (AvgIpc) is 2.55.